The number of ether oxygens (including phenoxy) is 2. The monoisotopic (exact) mass is 522 g/mol. The molecule has 1 heterocycles. The summed E-state index contributed by atoms with van der Waals surface area (Å²) in [5, 5.41) is 3.49. The van der Waals surface area contributed by atoms with Crippen molar-refractivity contribution in [2.75, 3.05) is 12.4 Å². The quantitative estimate of drug-likeness (QED) is 0.283. The molecular weight excluding hydrogens is 500 g/mol. The van der Waals surface area contributed by atoms with Crippen molar-refractivity contribution in [2.45, 2.75) is 20.5 Å². The largest absolute Gasteiger partial charge is 0.496 e. The number of carbonyl (C=O) groups is 1. The molecular formula is C26H23BrN2O3S. The lowest BCUT2D eigenvalue weighted by atomic mass is 10.1. The predicted molar refractivity (Wildman–Crippen MR) is 136 cm³/mol. The van der Waals surface area contributed by atoms with Gasteiger partial charge >= 0.3 is 0 Å². The lowest BCUT2D eigenvalue weighted by molar-refractivity contribution is 0.102. The maximum atomic E-state index is 13.0. The van der Waals surface area contributed by atoms with Crippen LogP contribution in [0.5, 0.6) is 11.5 Å². The van der Waals surface area contributed by atoms with Gasteiger partial charge in [-0.25, -0.2) is 4.98 Å². The lowest BCUT2D eigenvalue weighted by Gasteiger charge is -2.13. The van der Waals surface area contributed by atoms with Gasteiger partial charge in [-0.2, -0.15) is 0 Å². The minimum atomic E-state index is -0.232. The van der Waals surface area contributed by atoms with E-state index in [1.807, 2.05) is 43.3 Å². The topological polar surface area (TPSA) is 60.5 Å². The Bertz CT molecular complexity index is 1290. The first-order valence-electron chi connectivity index (χ1n) is 10.3. The van der Waals surface area contributed by atoms with Gasteiger partial charge in [0.15, 0.2) is 5.13 Å². The molecule has 0 saturated carbocycles. The van der Waals surface area contributed by atoms with Gasteiger partial charge in [0.25, 0.3) is 5.91 Å². The Kier molecular flexibility index (Phi) is 7.11. The van der Waals surface area contributed by atoms with E-state index >= 15 is 0 Å². The van der Waals surface area contributed by atoms with Crippen LogP contribution in [-0.4, -0.2) is 18.0 Å². The number of para-hydroxylation sites is 1. The summed E-state index contributed by atoms with van der Waals surface area (Å²) in [4.78, 5) is 18.7. The number of nitrogens with one attached hydrogen (secondary N) is 1. The zero-order valence-electron chi connectivity index (χ0n) is 18.5. The SMILES string of the molecule is COc1ccc(C(=O)Nc2nc(-c3ccc(C)cc3)c(C)s2)cc1COc1ccccc1Br. The first-order valence-corrected chi connectivity index (χ1v) is 12.0. The maximum absolute atomic E-state index is 13.0. The average molecular weight is 523 g/mol. The normalized spacial score (nSPS) is 10.7. The summed E-state index contributed by atoms with van der Waals surface area (Å²) < 4.78 is 12.2. The van der Waals surface area contributed by atoms with Gasteiger partial charge in [-0.1, -0.05) is 42.0 Å². The van der Waals surface area contributed by atoms with Crippen LogP contribution in [0.15, 0.2) is 71.2 Å². The van der Waals surface area contributed by atoms with E-state index in [0.717, 1.165) is 31.9 Å². The van der Waals surface area contributed by atoms with Crippen LogP contribution in [0.4, 0.5) is 5.13 Å². The molecule has 0 radical (unpaired) electrons. The molecule has 1 aromatic heterocycles. The van der Waals surface area contributed by atoms with Crippen molar-refractivity contribution >= 4 is 38.3 Å². The second-order valence-electron chi connectivity index (χ2n) is 7.49. The zero-order chi connectivity index (χ0) is 23.4. The van der Waals surface area contributed by atoms with Crippen LogP contribution in [0.25, 0.3) is 11.3 Å². The molecule has 5 nitrogen and oxygen atoms in total. The Morgan fingerprint density at radius 3 is 2.52 bits per heavy atom. The zero-order valence-corrected chi connectivity index (χ0v) is 20.9. The van der Waals surface area contributed by atoms with Crippen molar-refractivity contribution in [3.05, 3.63) is 92.8 Å². The van der Waals surface area contributed by atoms with Crippen LogP contribution in [0.3, 0.4) is 0 Å². The van der Waals surface area contributed by atoms with Gasteiger partial charge in [-0.3, -0.25) is 10.1 Å². The number of amides is 1. The molecule has 1 amide bonds. The van der Waals surface area contributed by atoms with Crippen LogP contribution in [-0.2, 0) is 6.61 Å². The fourth-order valence-corrected chi connectivity index (χ4v) is 4.58. The Balaban J connectivity index is 1.51. The summed E-state index contributed by atoms with van der Waals surface area (Å²) in [6.45, 7) is 4.32. The number of halogens is 1. The van der Waals surface area contributed by atoms with E-state index in [1.54, 1.807) is 25.3 Å². The number of rotatable bonds is 7. The molecule has 0 atom stereocenters. The van der Waals surface area contributed by atoms with E-state index in [0.29, 0.717) is 16.4 Å². The van der Waals surface area contributed by atoms with Crippen LogP contribution in [0.1, 0.15) is 26.4 Å². The van der Waals surface area contributed by atoms with Gasteiger partial charge in [-0.05, 0) is 60.1 Å². The standard InChI is InChI=1S/C26H23BrN2O3S/c1-16-8-10-18(11-9-16)24-17(2)33-26(28-24)29-25(30)19-12-13-22(31-3)20(14-19)15-32-23-7-5-4-6-21(23)27/h4-14H,15H2,1-3H3,(H,28,29,30). The number of carbonyl (C=O) groups excluding carboxylic acids is 1. The van der Waals surface area contributed by atoms with Crippen LogP contribution < -0.4 is 14.8 Å². The molecule has 4 aromatic rings. The number of aryl methyl sites for hydroxylation is 2. The second kappa shape index (κ2) is 10.2. The third kappa shape index (κ3) is 5.43. The van der Waals surface area contributed by atoms with Crippen molar-refractivity contribution in [2.24, 2.45) is 0 Å². The van der Waals surface area contributed by atoms with E-state index in [1.165, 1.54) is 16.9 Å². The first-order chi connectivity index (χ1) is 15.9. The Hall–Kier alpha value is -3.16. The molecule has 7 heteroatoms. The Morgan fingerprint density at radius 1 is 1.03 bits per heavy atom. The molecule has 1 N–H and O–H groups in total. The summed E-state index contributed by atoms with van der Waals surface area (Å²) in [5.74, 6) is 1.14. The number of hydrogen-bond acceptors (Lipinski definition) is 5. The molecule has 0 saturated heterocycles. The van der Waals surface area contributed by atoms with Crippen molar-refractivity contribution < 1.29 is 14.3 Å². The number of methoxy groups -OCH3 is 1. The van der Waals surface area contributed by atoms with E-state index in [4.69, 9.17) is 9.47 Å². The van der Waals surface area contributed by atoms with Gasteiger partial charge in [0.05, 0.1) is 17.3 Å². The number of anilines is 1. The fraction of sp³-hybridized carbons (Fsp3) is 0.154. The summed E-state index contributed by atoms with van der Waals surface area (Å²) in [6.07, 6.45) is 0. The summed E-state index contributed by atoms with van der Waals surface area (Å²) in [5.41, 5.74) is 4.39. The Labute approximate surface area is 205 Å². The van der Waals surface area contributed by atoms with Crippen LogP contribution >= 0.6 is 27.3 Å². The summed E-state index contributed by atoms with van der Waals surface area (Å²) in [6, 6.07) is 21.1. The molecule has 0 spiro atoms. The Morgan fingerprint density at radius 2 is 1.79 bits per heavy atom. The van der Waals surface area contributed by atoms with Gasteiger partial charge in [0.1, 0.15) is 18.1 Å². The number of nitrogens with zero attached hydrogens (tertiary/aromatic N) is 1. The molecule has 0 aliphatic carbocycles. The van der Waals surface area contributed by atoms with E-state index in [-0.39, 0.29) is 12.5 Å². The summed E-state index contributed by atoms with van der Waals surface area (Å²) in [7, 11) is 1.60. The lowest BCUT2D eigenvalue weighted by Crippen LogP contribution is -2.12. The van der Waals surface area contributed by atoms with Crippen molar-refractivity contribution in [3.63, 3.8) is 0 Å². The van der Waals surface area contributed by atoms with Crippen LogP contribution in [0.2, 0.25) is 0 Å². The molecule has 33 heavy (non-hydrogen) atoms. The number of thiazole rings is 1. The number of benzene rings is 3. The second-order valence-corrected chi connectivity index (χ2v) is 9.55. The molecule has 0 aliphatic rings. The molecule has 0 fully saturated rings. The fourth-order valence-electron chi connectivity index (χ4n) is 3.35. The van der Waals surface area contributed by atoms with Gasteiger partial charge in [0.2, 0.25) is 0 Å². The highest BCUT2D eigenvalue weighted by Gasteiger charge is 2.15. The van der Waals surface area contributed by atoms with Crippen molar-refractivity contribution in [1.82, 2.24) is 4.98 Å². The molecule has 0 bridgehead atoms. The minimum absolute atomic E-state index is 0.232. The maximum Gasteiger partial charge on any atom is 0.257 e. The first kappa shape index (κ1) is 23.0. The average Bonchev–Trinajstić information content (AvgIpc) is 3.18. The van der Waals surface area contributed by atoms with Gasteiger partial charge < -0.3 is 9.47 Å². The van der Waals surface area contributed by atoms with E-state index in [9.17, 15) is 4.79 Å². The van der Waals surface area contributed by atoms with Gasteiger partial charge in [0, 0.05) is 21.6 Å². The van der Waals surface area contributed by atoms with Gasteiger partial charge in [-0.15, -0.1) is 11.3 Å². The summed E-state index contributed by atoms with van der Waals surface area (Å²) >= 11 is 4.94. The van der Waals surface area contributed by atoms with E-state index in [2.05, 4.69) is 45.3 Å². The minimum Gasteiger partial charge on any atom is -0.496 e. The highest BCUT2D eigenvalue weighted by molar-refractivity contribution is 9.10. The molecule has 0 unspecified atom stereocenters. The van der Waals surface area contributed by atoms with Crippen molar-refractivity contribution in [3.8, 4) is 22.8 Å². The molecule has 168 valence electrons. The molecule has 3 aromatic carbocycles. The smallest absolute Gasteiger partial charge is 0.257 e. The van der Waals surface area contributed by atoms with Crippen LogP contribution in [0, 0.1) is 13.8 Å². The van der Waals surface area contributed by atoms with Crippen molar-refractivity contribution in [1.29, 1.82) is 0 Å². The number of hydrogen-bond donors (Lipinski definition) is 1. The highest BCUT2D eigenvalue weighted by Crippen LogP contribution is 2.31. The number of aromatic nitrogens is 1. The highest BCUT2D eigenvalue weighted by atomic mass is 79.9. The molecule has 4 rings (SSSR count). The molecule has 0 aliphatic heterocycles. The van der Waals surface area contributed by atoms with E-state index < -0.39 is 0 Å². The predicted octanol–water partition coefficient (Wildman–Crippen LogP) is 7.03. The third-order valence-electron chi connectivity index (χ3n) is 5.10. The third-order valence-corrected chi connectivity index (χ3v) is 6.65.